The summed E-state index contributed by atoms with van der Waals surface area (Å²) in [5.74, 6) is -1.99. The first kappa shape index (κ1) is 29.2. The molecule has 1 N–H and O–H groups in total. The van der Waals surface area contributed by atoms with Crippen LogP contribution in [0.2, 0.25) is 0 Å². The van der Waals surface area contributed by atoms with Crippen LogP contribution in [0.25, 0.3) is 0 Å². The molecule has 0 unspecified atom stereocenters. The molecule has 0 saturated carbocycles. The molecule has 0 aromatic heterocycles. The van der Waals surface area contributed by atoms with Crippen molar-refractivity contribution < 1.29 is 26.8 Å². The van der Waals surface area contributed by atoms with Crippen LogP contribution in [0.3, 0.4) is 0 Å². The van der Waals surface area contributed by atoms with E-state index in [1.165, 1.54) is 55.4 Å². The zero-order chi connectivity index (χ0) is 26.9. The number of nitrogens with zero attached hydrogens (tertiary/aromatic N) is 3. The Kier molecular flexibility index (Phi) is 10.8. The molecule has 0 spiro atoms. The van der Waals surface area contributed by atoms with E-state index in [1.807, 2.05) is 6.92 Å². The summed E-state index contributed by atoms with van der Waals surface area (Å²) in [7, 11) is -1.49. The molecule has 0 aliphatic rings. The van der Waals surface area contributed by atoms with Gasteiger partial charge >= 0.3 is 10.2 Å². The van der Waals surface area contributed by atoms with E-state index in [4.69, 9.17) is 0 Å². The minimum Gasteiger partial charge on any atom is -0.354 e. The predicted octanol–water partition coefficient (Wildman–Crippen LogP) is 3.30. The second kappa shape index (κ2) is 13.3. The highest BCUT2D eigenvalue weighted by molar-refractivity contribution is 7.90. The van der Waals surface area contributed by atoms with E-state index in [2.05, 4.69) is 5.32 Å². The first-order chi connectivity index (χ1) is 17.0. The largest absolute Gasteiger partial charge is 0.354 e. The Bertz CT molecular complexity index is 1110. The summed E-state index contributed by atoms with van der Waals surface area (Å²) in [6.45, 7) is 3.54. The van der Waals surface area contributed by atoms with E-state index in [1.54, 1.807) is 6.92 Å². The summed E-state index contributed by atoms with van der Waals surface area (Å²) < 4.78 is 54.9. The van der Waals surface area contributed by atoms with Crippen LogP contribution in [0.4, 0.5) is 14.5 Å². The van der Waals surface area contributed by atoms with E-state index in [0.29, 0.717) is 12.1 Å². The van der Waals surface area contributed by atoms with Gasteiger partial charge < -0.3 is 10.2 Å². The Hall–Kier alpha value is -3.05. The van der Waals surface area contributed by atoms with Gasteiger partial charge in [-0.15, -0.1) is 0 Å². The second-order valence-electron chi connectivity index (χ2n) is 8.49. The third-order valence-corrected chi connectivity index (χ3v) is 7.43. The van der Waals surface area contributed by atoms with Crippen LogP contribution >= 0.6 is 0 Å². The quantitative estimate of drug-likeness (QED) is 0.407. The second-order valence-corrected chi connectivity index (χ2v) is 10.6. The lowest BCUT2D eigenvalue weighted by Gasteiger charge is -2.34. The van der Waals surface area contributed by atoms with Gasteiger partial charge in [-0.1, -0.05) is 32.4 Å². The Morgan fingerprint density at radius 1 is 0.944 bits per heavy atom. The van der Waals surface area contributed by atoms with Gasteiger partial charge in [-0.25, -0.2) is 13.1 Å². The number of anilines is 1. The molecular weight excluding hydrogens is 490 g/mol. The molecule has 2 amide bonds. The van der Waals surface area contributed by atoms with Gasteiger partial charge in [0, 0.05) is 27.2 Å². The molecule has 2 aromatic rings. The van der Waals surface area contributed by atoms with Crippen molar-refractivity contribution >= 4 is 27.7 Å². The molecule has 0 fully saturated rings. The minimum atomic E-state index is -4.14. The number of halogens is 2. The van der Waals surface area contributed by atoms with E-state index < -0.39 is 40.3 Å². The smallest absolute Gasteiger partial charge is 0.304 e. The molecule has 0 bridgehead atoms. The van der Waals surface area contributed by atoms with Crippen LogP contribution in [0.1, 0.15) is 38.7 Å². The predicted molar refractivity (Wildman–Crippen MR) is 135 cm³/mol. The summed E-state index contributed by atoms with van der Waals surface area (Å²) >= 11 is 0. The molecule has 2 aromatic carbocycles. The highest BCUT2D eigenvalue weighted by Crippen LogP contribution is 2.22. The lowest BCUT2D eigenvalue weighted by atomic mass is 10.1. The summed E-state index contributed by atoms with van der Waals surface area (Å²) in [5, 5.41) is 2.83. The number of unbranched alkanes of at least 4 members (excludes halogenated alkanes) is 1. The van der Waals surface area contributed by atoms with Crippen molar-refractivity contribution in [3.63, 3.8) is 0 Å². The molecule has 0 aliphatic carbocycles. The first-order valence-corrected chi connectivity index (χ1v) is 13.2. The number of carbonyl (C=O) groups is 2. The van der Waals surface area contributed by atoms with Crippen molar-refractivity contribution in [3.05, 3.63) is 65.7 Å². The van der Waals surface area contributed by atoms with Gasteiger partial charge in [0.2, 0.25) is 11.8 Å². The monoisotopic (exact) mass is 524 g/mol. The first-order valence-electron chi connectivity index (χ1n) is 11.8. The third-order valence-electron chi connectivity index (χ3n) is 5.62. The maximum absolute atomic E-state index is 13.6. The van der Waals surface area contributed by atoms with Crippen LogP contribution in [-0.4, -0.2) is 62.7 Å². The van der Waals surface area contributed by atoms with Gasteiger partial charge in [-0.05, 0) is 54.8 Å². The molecule has 198 valence electrons. The van der Waals surface area contributed by atoms with Gasteiger partial charge in [0.25, 0.3) is 0 Å². The van der Waals surface area contributed by atoms with Crippen molar-refractivity contribution in [2.75, 3.05) is 31.5 Å². The zero-order valence-corrected chi connectivity index (χ0v) is 21.9. The average molecular weight is 525 g/mol. The fraction of sp³-hybridized carbons (Fsp3) is 0.440. The fourth-order valence-electron chi connectivity index (χ4n) is 3.54. The van der Waals surface area contributed by atoms with E-state index in [0.717, 1.165) is 33.6 Å². The van der Waals surface area contributed by atoms with Crippen molar-refractivity contribution in [1.82, 2.24) is 14.5 Å². The Morgan fingerprint density at radius 3 is 2.00 bits per heavy atom. The van der Waals surface area contributed by atoms with E-state index in [-0.39, 0.29) is 24.6 Å². The number of benzene rings is 2. The van der Waals surface area contributed by atoms with Gasteiger partial charge in [-0.2, -0.15) is 12.7 Å². The molecule has 0 aliphatic heterocycles. The Labute approximate surface area is 212 Å². The Morgan fingerprint density at radius 2 is 1.50 bits per heavy atom. The number of hydrogen-bond acceptors (Lipinski definition) is 4. The standard InChI is InChI=1S/C25H34F2N4O4S/c1-5-7-16-28-25(33)23(6-2)30(17-19-8-10-20(26)11-9-19)24(32)18-31(36(34,35)29(3)4)22-14-12-21(27)13-15-22/h8-15,23H,5-7,16-18H2,1-4H3,(H,28,33)/t23-/m1/s1. The van der Waals surface area contributed by atoms with Crippen molar-refractivity contribution in [3.8, 4) is 0 Å². The van der Waals surface area contributed by atoms with E-state index >= 15 is 0 Å². The van der Waals surface area contributed by atoms with Crippen LogP contribution in [-0.2, 0) is 26.3 Å². The number of amides is 2. The van der Waals surface area contributed by atoms with Crippen LogP contribution in [0.15, 0.2) is 48.5 Å². The Balaban J connectivity index is 2.45. The van der Waals surface area contributed by atoms with Gasteiger partial charge in [0.05, 0.1) is 5.69 Å². The van der Waals surface area contributed by atoms with Crippen LogP contribution < -0.4 is 9.62 Å². The zero-order valence-electron chi connectivity index (χ0n) is 21.1. The summed E-state index contributed by atoms with van der Waals surface area (Å²) in [6.07, 6.45) is 1.93. The number of carbonyl (C=O) groups excluding carboxylic acids is 2. The maximum atomic E-state index is 13.6. The summed E-state index contributed by atoms with van der Waals surface area (Å²) in [5.41, 5.74) is 0.675. The lowest BCUT2D eigenvalue weighted by Crippen LogP contribution is -2.53. The minimum absolute atomic E-state index is 0.0297. The fourth-order valence-corrected chi connectivity index (χ4v) is 4.59. The highest BCUT2D eigenvalue weighted by Gasteiger charge is 2.33. The number of rotatable bonds is 13. The van der Waals surface area contributed by atoms with Crippen molar-refractivity contribution in [2.45, 2.75) is 45.7 Å². The molecule has 36 heavy (non-hydrogen) atoms. The summed E-state index contributed by atoms with van der Waals surface area (Å²) in [4.78, 5) is 27.9. The molecule has 0 heterocycles. The van der Waals surface area contributed by atoms with Crippen LogP contribution in [0, 0.1) is 11.6 Å². The van der Waals surface area contributed by atoms with Gasteiger partial charge in [0.1, 0.15) is 24.2 Å². The molecular formula is C25H34F2N4O4S. The molecule has 2 rings (SSSR count). The molecule has 0 radical (unpaired) electrons. The number of nitrogens with one attached hydrogen (secondary N) is 1. The van der Waals surface area contributed by atoms with Crippen LogP contribution in [0.5, 0.6) is 0 Å². The summed E-state index contributed by atoms with van der Waals surface area (Å²) in [6, 6.07) is 9.37. The van der Waals surface area contributed by atoms with E-state index in [9.17, 15) is 26.8 Å². The topological polar surface area (TPSA) is 90.0 Å². The molecule has 11 heteroatoms. The maximum Gasteiger partial charge on any atom is 0.304 e. The number of hydrogen-bond donors (Lipinski definition) is 1. The average Bonchev–Trinajstić information content (AvgIpc) is 2.84. The van der Waals surface area contributed by atoms with Gasteiger partial charge in [-0.3, -0.25) is 9.59 Å². The van der Waals surface area contributed by atoms with Crippen molar-refractivity contribution in [1.29, 1.82) is 0 Å². The third kappa shape index (κ3) is 7.72. The normalized spacial score (nSPS) is 12.3. The molecule has 0 saturated heterocycles. The van der Waals surface area contributed by atoms with Crippen molar-refractivity contribution in [2.24, 2.45) is 0 Å². The lowest BCUT2D eigenvalue weighted by molar-refractivity contribution is -0.140. The molecule has 8 nitrogen and oxygen atoms in total. The highest BCUT2D eigenvalue weighted by atomic mass is 32.2. The molecule has 1 atom stereocenters. The van der Waals surface area contributed by atoms with Gasteiger partial charge in [0.15, 0.2) is 0 Å². The SMILES string of the molecule is CCCCNC(=O)[C@@H](CC)N(Cc1ccc(F)cc1)C(=O)CN(c1ccc(F)cc1)S(=O)(=O)N(C)C.